The van der Waals surface area contributed by atoms with E-state index < -0.39 is 8.32 Å². The van der Waals surface area contributed by atoms with Crippen molar-refractivity contribution >= 4 is 20.2 Å². The zero-order valence-corrected chi connectivity index (χ0v) is 15.2. The Morgan fingerprint density at radius 3 is 2.41 bits per heavy atom. The molecule has 2 rings (SSSR count). The average molecular weight is 315 g/mol. The molecule has 1 aliphatic carbocycles. The molecule has 0 unspecified atom stereocenters. The molecule has 2 nitrogen and oxygen atoms in total. The van der Waals surface area contributed by atoms with Crippen LogP contribution in [0.1, 0.15) is 32.8 Å². The van der Waals surface area contributed by atoms with Gasteiger partial charge in [-0.15, -0.1) is 0 Å². The largest absolute Gasteiger partial charge is 0.410 e. The Kier molecular flexibility index (Phi) is 4.88. The normalized spacial score (nSPS) is 21.4. The van der Waals surface area contributed by atoms with E-state index in [0.717, 1.165) is 11.1 Å². The highest BCUT2D eigenvalue weighted by Crippen LogP contribution is 2.38. The van der Waals surface area contributed by atoms with Gasteiger partial charge >= 0.3 is 0 Å². The molecule has 0 spiro atoms. The first-order valence-corrected chi connectivity index (χ1v) is 10.8. The molecule has 22 heavy (non-hydrogen) atoms. The lowest BCUT2D eigenvalue weighted by molar-refractivity contribution is -0.111. The zero-order chi connectivity index (χ0) is 16.4. The molecule has 0 saturated carbocycles. The third kappa shape index (κ3) is 4.05. The standard InChI is InChI=1S/C19H26O2Si/c1-19(2,3)22(4,5)21-17-11-12-18(20)16(14-17)13-15-9-7-6-8-10-15/h6-13,17H,14H2,1-5H3/b16-13+/t17-/m1/s1. The van der Waals surface area contributed by atoms with Crippen LogP contribution in [0.2, 0.25) is 18.1 Å². The van der Waals surface area contributed by atoms with Gasteiger partial charge in [-0.25, -0.2) is 0 Å². The van der Waals surface area contributed by atoms with Crippen molar-refractivity contribution in [3.63, 3.8) is 0 Å². The van der Waals surface area contributed by atoms with E-state index in [1.165, 1.54) is 0 Å². The Hall–Kier alpha value is -1.45. The summed E-state index contributed by atoms with van der Waals surface area (Å²) < 4.78 is 6.42. The molecule has 1 atom stereocenters. The van der Waals surface area contributed by atoms with Crippen LogP contribution in [0.15, 0.2) is 48.1 Å². The van der Waals surface area contributed by atoms with Crippen LogP contribution in [0.5, 0.6) is 0 Å². The molecule has 0 N–H and O–H groups in total. The Balaban J connectivity index is 2.17. The maximum atomic E-state index is 12.1. The summed E-state index contributed by atoms with van der Waals surface area (Å²) in [6, 6.07) is 9.98. The number of carbonyl (C=O) groups excluding carboxylic acids is 1. The van der Waals surface area contributed by atoms with Gasteiger partial charge in [-0.1, -0.05) is 57.2 Å². The fourth-order valence-electron chi connectivity index (χ4n) is 2.20. The van der Waals surface area contributed by atoms with Crippen molar-refractivity contribution in [3.8, 4) is 0 Å². The van der Waals surface area contributed by atoms with Gasteiger partial charge in [-0.05, 0) is 35.8 Å². The molecule has 0 bridgehead atoms. The highest BCUT2D eigenvalue weighted by Gasteiger charge is 2.39. The third-order valence-electron chi connectivity index (χ3n) is 4.59. The summed E-state index contributed by atoms with van der Waals surface area (Å²) in [5.74, 6) is 0.0962. The molecular formula is C19H26O2Si. The molecule has 3 heteroatoms. The third-order valence-corrected chi connectivity index (χ3v) is 9.10. The van der Waals surface area contributed by atoms with Gasteiger partial charge in [0.1, 0.15) is 0 Å². The zero-order valence-electron chi connectivity index (χ0n) is 14.2. The summed E-state index contributed by atoms with van der Waals surface area (Å²) in [5, 5.41) is 0.172. The smallest absolute Gasteiger partial charge is 0.192 e. The number of ketones is 1. The lowest BCUT2D eigenvalue weighted by atomic mass is 9.96. The van der Waals surface area contributed by atoms with E-state index >= 15 is 0 Å². The van der Waals surface area contributed by atoms with Crippen LogP contribution in [0, 0.1) is 0 Å². The van der Waals surface area contributed by atoms with Gasteiger partial charge in [0.25, 0.3) is 0 Å². The second kappa shape index (κ2) is 6.35. The van der Waals surface area contributed by atoms with Crippen LogP contribution in [-0.4, -0.2) is 20.2 Å². The second-order valence-electron chi connectivity index (χ2n) is 7.42. The monoisotopic (exact) mass is 314 g/mol. The van der Waals surface area contributed by atoms with Crippen molar-refractivity contribution < 1.29 is 9.22 Å². The summed E-state index contributed by atoms with van der Waals surface area (Å²) in [6.45, 7) is 11.2. The fraction of sp³-hybridized carbons (Fsp3) is 0.421. The number of hydrogen-bond donors (Lipinski definition) is 0. The minimum absolute atomic E-state index is 0.00792. The molecule has 0 heterocycles. The maximum Gasteiger partial charge on any atom is 0.192 e. The van der Waals surface area contributed by atoms with E-state index in [9.17, 15) is 4.79 Å². The average Bonchev–Trinajstić information content (AvgIpc) is 2.42. The molecule has 0 amide bonds. The van der Waals surface area contributed by atoms with E-state index in [4.69, 9.17) is 4.43 Å². The molecule has 0 radical (unpaired) electrons. The molecule has 0 fully saturated rings. The van der Waals surface area contributed by atoms with Gasteiger partial charge in [0, 0.05) is 12.0 Å². The molecule has 118 valence electrons. The summed E-state index contributed by atoms with van der Waals surface area (Å²) in [6.07, 6.45) is 6.24. The maximum absolute atomic E-state index is 12.1. The predicted octanol–water partition coefficient (Wildman–Crippen LogP) is 4.99. The first-order chi connectivity index (χ1) is 10.2. The van der Waals surface area contributed by atoms with Gasteiger partial charge in [-0.3, -0.25) is 4.79 Å². The van der Waals surface area contributed by atoms with Crippen molar-refractivity contribution in [1.82, 2.24) is 0 Å². The fourth-order valence-corrected chi connectivity index (χ4v) is 3.48. The van der Waals surface area contributed by atoms with Crippen molar-refractivity contribution in [2.24, 2.45) is 0 Å². The Morgan fingerprint density at radius 1 is 1.18 bits per heavy atom. The number of allylic oxidation sites excluding steroid dienone is 1. The summed E-state index contributed by atoms with van der Waals surface area (Å²) in [4.78, 5) is 12.1. The lowest BCUT2D eigenvalue weighted by Crippen LogP contribution is -2.44. The van der Waals surface area contributed by atoms with Crippen LogP contribution >= 0.6 is 0 Å². The topological polar surface area (TPSA) is 26.3 Å². The van der Waals surface area contributed by atoms with Crippen molar-refractivity contribution in [1.29, 1.82) is 0 Å². The predicted molar refractivity (Wildman–Crippen MR) is 95.3 cm³/mol. The van der Waals surface area contributed by atoms with E-state index in [1.54, 1.807) is 6.08 Å². The molecule has 0 saturated heterocycles. The molecule has 1 aliphatic rings. The minimum Gasteiger partial charge on any atom is -0.410 e. The van der Waals surface area contributed by atoms with Gasteiger partial charge in [0.15, 0.2) is 14.1 Å². The van der Waals surface area contributed by atoms with Crippen molar-refractivity contribution in [2.45, 2.75) is 51.4 Å². The van der Waals surface area contributed by atoms with Gasteiger partial charge in [0.2, 0.25) is 0 Å². The SMILES string of the molecule is CC(C)(C)[Si](C)(C)O[C@@H]1C=CC(=O)/C(=C/c2ccccc2)C1. The van der Waals surface area contributed by atoms with E-state index in [2.05, 4.69) is 33.9 Å². The molecule has 1 aromatic rings. The van der Waals surface area contributed by atoms with Gasteiger partial charge < -0.3 is 4.43 Å². The van der Waals surface area contributed by atoms with E-state index in [1.807, 2.05) is 42.5 Å². The molecule has 0 aromatic heterocycles. The van der Waals surface area contributed by atoms with E-state index in [-0.39, 0.29) is 16.9 Å². The van der Waals surface area contributed by atoms with E-state index in [0.29, 0.717) is 6.42 Å². The Labute approximate surface area is 135 Å². The van der Waals surface area contributed by atoms with Crippen LogP contribution in [0.25, 0.3) is 6.08 Å². The van der Waals surface area contributed by atoms with Crippen molar-refractivity contribution in [3.05, 3.63) is 53.6 Å². The molecular weight excluding hydrogens is 288 g/mol. The first kappa shape index (κ1) is 16.9. The van der Waals surface area contributed by atoms with Crippen LogP contribution in [-0.2, 0) is 9.22 Å². The summed E-state index contributed by atoms with van der Waals surface area (Å²) in [5.41, 5.74) is 1.89. The minimum atomic E-state index is -1.83. The molecule has 0 aliphatic heterocycles. The van der Waals surface area contributed by atoms with Crippen LogP contribution in [0.4, 0.5) is 0 Å². The lowest BCUT2D eigenvalue weighted by Gasteiger charge is -2.39. The number of rotatable bonds is 3. The van der Waals surface area contributed by atoms with Gasteiger partial charge in [0.05, 0.1) is 6.10 Å². The Morgan fingerprint density at radius 2 is 1.82 bits per heavy atom. The van der Waals surface area contributed by atoms with Gasteiger partial charge in [-0.2, -0.15) is 0 Å². The second-order valence-corrected chi connectivity index (χ2v) is 12.2. The van der Waals surface area contributed by atoms with Crippen molar-refractivity contribution in [2.75, 3.05) is 0 Å². The summed E-state index contributed by atoms with van der Waals surface area (Å²) >= 11 is 0. The highest BCUT2D eigenvalue weighted by molar-refractivity contribution is 6.74. The highest BCUT2D eigenvalue weighted by atomic mass is 28.4. The van der Waals surface area contributed by atoms with Crippen LogP contribution < -0.4 is 0 Å². The number of carbonyl (C=O) groups is 1. The number of benzene rings is 1. The Bertz CT molecular complexity index is 592. The first-order valence-electron chi connectivity index (χ1n) is 7.85. The quantitative estimate of drug-likeness (QED) is 0.580. The molecule has 1 aromatic carbocycles. The number of hydrogen-bond acceptors (Lipinski definition) is 2. The summed E-state index contributed by atoms with van der Waals surface area (Å²) in [7, 11) is -1.83. The van der Waals surface area contributed by atoms with Crippen LogP contribution in [0.3, 0.4) is 0 Å².